The summed E-state index contributed by atoms with van der Waals surface area (Å²) in [6, 6.07) is 11.8. The highest BCUT2D eigenvalue weighted by molar-refractivity contribution is 9.10. The summed E-state index contributed by atoms with van der Waals surface area (Å²) in [5.74, 6) is 1.47. The Morgan fingerprint density at radius 1 is 1.34 bits per heavy atom. The van der Waals surface area contributed by atoms with Crippen LogP contribution in [0.15, 0.2) is 40.9 Å². The van der Waals surface area contributed by atoms with Gasteiger partial charge >= 0.3 is 0 Å². The zero-order chi connectivity index (χ0) is 20.4. The van der Waals surface area contributed by atoms with E-state index in [4.69, 9.17) is 14.5 Å². The zero-order valence-corrected chi connectivity index (χ0v) is 18.9. The van der Waals surface area contributed by atoms with E-state index in [1.165, 1.54) is 4.70 Å². The molecular formula is C22H23BrN2O3S. The van der Waals surface area contributed by atoms with Gasteiger partial charge < -0.3 is 14.4 Å². The number of hydrogen-bond donors (Lipinski definition) is 0. The van der Waals surface area contributed by atoms with Crippen molar-refractivity contribution in [3.8, 4) is 11.5 Å². The molecule has 1 atom stereocenters. The third kappa shape index (κ3) is 4.12. The molecule has 1 amide bonds. The number of benzene rings is 2. The molecule has 1 aliphatic heterocycles. The molecule has 3 aromatic rings. The van der Waals surface area contributed by atoms with Gasteiger partial charge in [0, 0.05) is 24.6 Å². The van der Waals surface area contributed by atoms with Gasteiger partial charge in [0.05, 0.1) is 33.4 Å². The number of aromatic nitrogens is 1. The summed E-state index contributed by atoms with van der Waals surface area (Å²) >= 11 is 5.25. The Morgan fingerprint density at radius 2 is 2.17 bits per heavy atom. The summed E-state index contributed by atoms with van der Waals surface area (Å²) in [6.45, 7) is 3.89. The number of methoxy groups -OCH3 is 1. The van der Waals surface area contributed by atoms with Crippen LogP contribution in [-0.2, 0) is 0 Å². The second-order valence-corrected chi connectivity index (χ2v) is 8.95. The molecule has 0 aliphatic carbocycles. The molecule has 2 aromatic carbocycles. The largest absolute Gasteiger partial charge is 0.493 e. The highest BCUT2D eigenvalue weighted by Crippen LogP contribution is 2.38. The molecule has 1 fully saturated rings. The molecular weight excluding hydrogens is 452 g/mol. The van der Waals surface area contributed by atoms with Gasteiger partial charge in [0.15, 0.2) is 11.5 Å². The number of carbonyl (C=O) groups excluding carboxylic acids is 1. The van der Waals surface area contributed by atoms with E-state index in [9.17, 15) is 4.79 Å². The summed E-state index contributed by atoms with van der Waals surface area (Å²) in [5, 5.41) is 1.12. The van der Waals surface area contributed by atoms with Gasteiger partial charge in [-0.1, -0.05) is 12.1 Å². The van der Waals surface area contributed by atoms with Crippen molar-refractivity contribution >= 4 is 43.4 Å². The SMILES string of the molecule is CCOc1c(Br)cc(C(=O)N2CCC[C@@H](c3nc4ccccc4s3)C2)cc1OC. The summed E-state index contributed by atoms with van der Waals surface area (Å²) in [5.41, 5.74) is 1.64. The van der Waals surface area contributed by atoms with Crippen molar-refractivity contribution in [2.45, 2.75) is 25.7 Å². The third-order valence-corrected chi connectivity index (χ3v) is 6.92. The lowest BCUT2D eigenvalue weighted by atomic mass is 9.98. The highest BCUT2D eigenvalue weighted by atomic mass is 79.9. The molecule has 0 saturated carbocycles. The van der Waals surface area contributed by atoms with E-state index >= 15 is 0 Å². The van der Waals surface area contributed by atoms with E-state index in [1.807, 2.05) is 36.1 Å². The van der Waals surface area contributed by atoms with Crippen LogP contribution in [0.5, 0.6) is 11.5 Å². The Balaban J connectivity index is 1.56. The van der Waals surface area contributed by atoms with Crippen LogP contribution < -0.4 is 9.47 Å². The Morgan fingerprint density at radius 3 is 2.93 bits per heavy atom. The van der Waals surface area contributed by atoms with Crippen molar-refractivity contribution in [1.29, 1.82) is 0 Å². The number of hydrogen-bond acceptors (Lipinski definition) is 5. The van der Waals surface area contributed by atoms with Crippen LogP contribution in [0.4, 0.5) is 0 Å². The topological polar surface area (TPSA) is 51.7 Å². The summed E-state index contributed by atoms with van der Waals surface area (Å²) in [6.07, 6.45) is 2.03. The fraction of sp³-hybridized carbons (Fsp3) is 0.364. The number of likely N-dealkylation sites (tertiary alicyclic amines) is 1. The third-order valence-electron chi connectivity index (χ3n) is 5.13. The molecule has 5 nitrogen and oxygen atoms in total. The minimum absolute atomic E-state index is 0.0119. The first kappa shape index (κ1) is 20.2. The molecule has 7 heteroatoms. The molecule has 0 bridgehead atoms. The number of fused-ring (bicyclic) bond motifs is 1. The van der Waals surface area contributed by atoms with Gasteiger partial charge in [-0.3, -0.25) is 4.79 Å². The van der Waals surface area contributed by atoms with Gasteiger partial charge in [-0.05, 0) is 60.0 Å². The normalized spacial score (nSPS) is 16.8. The number of rotatable bonds is 5. The second kappa shape index (κ2) is 8.71. The maximum Gasteiger partial charge on any atom is 0.254 e. The highest BCUT2D eigenvalue weighted by Gasteiger charge is 2.28. The van der Waals surface area contributed by atoms with Crippen molar-refractivity contribution in [3.63, 3.8) is 0 Å². The number of para-hydroxylation sites is 1. The first-order chi connectivity index (χ1) is 14.1. The molecule has 0 radical (unpaired) electrons. The molecule has 1 aromatic heterocycles. The van der Waals surface area contributed by atoms with Crippen LogP contribution in [0.3, 0.4) is 0 Å². The van der Waals surface area contributed by atoms with Crippen LogP contribution in [0.2, 0.25) is 0 Å². The van der Waals surface area contributed by atoms with Gasteiger partial charge in [-0.15, -0.1) is 11.3 Å². The van der Waals surface area contributed by atoms with Crippen LogP contribution >= 0.6 is 27.3 Å². The van der Waals surface area contributed by atoms with Crippen molar-refractivity contribution < 1.29 is 14.3 Å². The summed E-state index contributed by atoms with van der Waals surface area (Å²) < 4.78 is 13.0. The van der Waals surface area contributed by atoms with Crippen LogP contribution in [0.25, 0.3) is 10.2 Å². The summed E-state index contributed by atoms with van der Waals surface area (Å²) in [4.78, 5) is 20.0. The molecule has 29 heavy (non-hydrogen) atoms. The quantitative estimate of drug-likeness (QED) is 0.490. The number of piperidine rings is 1. The van der Waals surface area contributed by atoms with E-state index in [1.54, 1.807) is 24.5 Å². The Kier molecular flexibility index (Phi) is 6.06. The van der Waals surface area contributed by atoms with Gasteiger partial charge in [0.1, 0.15) is 0 Å². The number of ether oxygens (including phenoxy) is 2. The summed E-state index contributed by atoms with van der Waals surface area (Å²) in [7, 11) is 1.59. The number of thiazole rings is 1. The monoisotopic (exact) mass is 474 g/mol. The molecule has 0 N–H and O–H groups in total. The molecule has 1 aliphatic rings. The van der Waals surface area contributed by atoms with Gasteiger partial charge in [-0.25, -0.2) is 4.98 Å². The fourth-order valence-electron chi connectivity index (χ4n) is 3.74. The fourth-order valence-corrected chi connectivity index (χ4v) is 5.39. The van der Waals surface area contributed by atoms with Crippen LogP contribution in [0, 0.1) is 0 Å². The molecule has 0 spiro atoms. The molecule has 152 valence electrons. The van der Waals surface area contributed by atoms with Gasteiger partial charge in [0.25, 0.3) is 5.91 Å². The van der Waals surface area contributed by atoms with E-state index in [0.29, 0.717) is 30.2 Å². The van der Waals surface area contributed by atoms with Gasteiger partial charge in [0.2, 0.25) is 0 Å². The number of carbonyl (C=O) groups is 1. The maximum absolute atomic E-state index is 13.2. The van der Waals surface area contributed by atoms with Crippen LogP contribution in [-0.4, -0.2) is 42.6 Å². The van der Waals surface area contributed by atoms with Crippen molar-refractivity contribution in [1.82, 2.24) is 9.88 Å². The maximum atomic E-state index is 13.2. The van der Waals surface area contributed by atoms with Crippen molar-refractivity contribution in [3.05, 3.63) is 51.4 Å². The van der Waals surface area contributed by atoms with Gasteiger partial charge in [-0.2, -0.15) is 0 Å². The molecule has 4 rings (SSSR count). The van der Waals surface area contributed by atoms with E-state index in [-0.39, 0.29) is 11.8 Å². The lowest BCUT2D eigenvalue weighted by molar-refractivity contribution is 0.0706. The number of nitrogens with zero attached hydrogens (tertiary/aromatic N) is 2. The van der Waals surface area contributed by atoms with Crippen molar-refractivity contribution in [2.75, 3.05) is 26.8 Å². The standard InChI is InChI=1S/C22H23BrN2O3S/c1-3-28-20-16(23)11-15(12-18(20)27-2)22(26)25-10-6-7-14(13-25)21-24-17-8-4-5-9-19(17)29-21/h4-5,8-9,11-12,14H,3,6-7,10,13H2,1-2H3/t14-/m1/s1. The van der Waals surface area contributed by atoms with E-state index < -0.39 is 0 Å². The average Bonchev–Trinajstić information content (AvgIpc) is 3.19. The average molecular weight is 475 g/mol. The Bertz CT molecular complexity index is 1000. The lowest BCUT2D eigenvalue weighted by Gasteiger charge is -2.32. The lowest BCUT2D eigenvalue weighted by Crippen LogP contribution is -2.39. The first-order valence-corrected chi connectivity index (χ1v) is 11.4. The van der Waals surface area contributed by atoms with E-state index in [0.717, 1.165) is 34.4 Å². The minimum Gasteiger partial charge on any atom is -0.493 e. The molecule has 0 unspecified atom stereocenters. The minimum atomic E-state index is 0.0119. The van der Waals surface area contributed by atoms with Crippen molar-refractivity contribution in [2.24, 2.45) is 0 Å². The Labute approximate surface area is 182 Å². The first-order valence-electron chi connectivity index (χ1n) is 9.75. The predicted octanol–water partition coefficient (Wildman–Crippen LogP) is 5.49. The van der Waals surface area contributed by atoms with Crippen LogP contribution in [0.1, 0.15) is 41.0 Å². The molecule has 2 heterocycles. The smallest absolute Gasteiger partial charge is 0.254 e. The number of halogens is 1. The second-order valence-electron chi connectivity index (χ2n) is 7.03. The Hall–Kier alpha value is -2.12. The zero-order valence-electron chi connectivity index (χ0n) is 16.5. The predicted molar refractivity (Wildman–Crippen MR) is 119 cm³/mol. The molecule has 1 saturated heterocycles. The number of amides is 1. The van der Waals surface area contributed by atoms with E-state index in [2.05, 4.69) is 22.0 Å².